The number of sulfonamides is 1. The predicted octanol–water partition coefficient (Wildman–Crippen LogP) is 5.87. The molecule has 0 fully saturated rings. The minimum atomic E-state index is -3.70. The van der Waals surface area contributed by atoms with Gasteiger partial charge in [-0.3, -0.25) is 9.10 Å². The number of carbonyl (C=O) groups is 1. The third-order valence-electron chi connectivity index (χ3n) is 5.90. The highest BCUT2D eigenvalue weighted by molar-refractivity contribution is 7.92. The number of ether oxygens (including phenoxy) is 1. The van der Waals surface area contributed by atoms with Crippen molar-refractivity contribution < 1.29 is 17.9 Å². The number of hydrogen-bond acceptors (Lipinski definition) is 4. The summed E-state index contributed by atoms with van der Waals surface area (Å²) >= 11 is 0. The molecule has 0 aromatic heterocycles. The van der Waals surface area contributed by atoms with Gasteiger partial charge in [-0.25, -0.2) is 8.42 Å². The number of nitrogens with one attached hydrogen (secondary N) is 1. The molecule has 4 aromatic rings. The van der Waals surface area contributed by atoms with Crippen LogP contribution in [-0.4, -0.2) is 20.4 Å². The highest BCUT2D eigenvalue weighted by Crippen LogP contribution is 2.37. The highest BCUT2D eigenvalue weighted by Gasteiger charge is 2.36. The Bertz CT molecular complexity index is 1470. The van der Waals surface area contributed by atoms with Gasteiger partial charge in [0.15, 0.2) is 5.75 Å². The predicted molar refractivity (Wildman–Crippen MR) is 137 cm³/mol. The van der Waals surface area contributed by atoms with E-state index in [2.05, 4.69) is 5.32 Å². The van der Waals surface area contributed by atoms with E-state index < -0.39 is 10.0 Å². The SMILES string of the molecule is C[C@@H]1Cc2cc(C(=O)Nc3ccccc3Oc3ccccc3)ccc2N1S(=O)(=O)c1ccccc1. The molecule has 1 atom stereocenters. The number of hydrogen-bond donors (Lipinski definition) is 1. The smallest absolute Gasteiger partial charge is 0.264 e. The van der Waals surface area contributed by atoms with Gasteiger partial charge < -0.3 is 10.1 Å². The second-order valence-electron chi connectivity index (χ2n) is 8.38. The van der Waals surface area contributed by atoms with Crippen molar-refractivity contribution in [2.24, 2.45) is 0 Å². The number of rotatable bonds is 6. The van der Waals surface area contributed by atoms with Gasteiger partial charge in [0, 0.05) is 11.6 Å². The van der Waals surface area contributed by atoms with Crippen LogP contribution in [0.4, 0.5) is 11.4 Å². The summed E-state index contributed by atoms with van der Waals surface area (Å²) < 4.78 is 34.0. The maximum atomic E-state index is 13.3. The Hall–Kier alpha value is -4.10. The van der Waals surface area contributed by atoms with Crippen LogP contribution in [0.15, 0.2) is 108 Å². The average Bonchev–Trinajstić information content (AvgIpc) is 3.22. The number of benzene rings is 4. The summed E-state index contributed by atoms with van der Waals surface area (Å²) in [5, 5.41) is 2.92. The molecule has 35 heavy (non-hydrogen) atoms. The molecule has 1 amide bonds. The van der Waals surface area contributed by atoms with Crippen molar-refractivity contribution in [1.29, 1.82) is 0 Å². The van der Waals surface area contributed by atoms with Gasteiger partial charge in [0.2, 0.25) is 0 Å². The molecule has 0 radical (unpaired) electrons. The van der Waals surface area contributed by atoms with E-state index in [1.807, 2.05) is 49.4 Å². The third-order valence-corrected chi connectivity index (χ3v) is 7.84. The lowest BCUT2D eigenvalue weighted by molar-refractivity contribution is 0.102. The van der Waals surface area contributed by atoms with E-state index in [0.29, 0.717) is 34.9 Å². The highest BCUT2D eigenvalue weighted by atomic mass is 32.2. The van der Waals surface area contributed by atoms with Gasteiger partial charge >= 0.3 is 0 Å². The molecule has 176 valence electrons. The van der Waals surface area contributed by atoms with E-state index in [0.717, 1.165) is 5.56 Å². The summed E-state index contributed by atoms with van der Waals surface area (Å²) in [5.74, 6) is 0.899. The first-order valence-electron chi connectivity index (χ1n) is 11.3. The van der Waals surface area contributed by atoms with E-state index in [4.69, 9.17) is 4.74 Å². The molecule has 0 bridgehead atoms. The van der Waals surface area contributed by atoms with E-state index >= 15 is 0 Å². The van der Waals surface area contributed by atoms with Gasteiger partial charge in [-0.05, 0) is 73.5 Å². The Morgan fingerprint density at radius 1 is 0.886 bits per heavy atom. The molecule has 5 rings (SSSR count). The number of para-hydroxylation sites is 3. The molecule has 0 unspecified atom stereocenters. The van der Waals surface area contributed by atoms with Crippen LogP contribution in [0.2, 0.25) is 0 Å². The second-order valence-corrected chi connectivity index (χ2v) is 10.2. The lowest BCUT2D eigenvalue weighted by atomic mass is 10.1. The van der Waals surface area contributed by atoms with Gasteiger partial charge in [-0.1, -0.05) is 48.5 Å². The number of fused-ring (bicyclic) bond motifs is 1. The molecule has 1 N–H and O–H groups in total. The topological polar surface area (TPSA) is 75.7 Å². The quantitative estimate of drug-likeness (QED) is 0.371. The van der Waals surface area contributed by atoms with Crippen LogP contribution >= 0.6 is 0 Å². The Balaban J connectivity index is 1.39. The Morgan fingerprint density at radius 2 is 1.54 bits per heavy atom. The molecule has 7 heteroatoms. The van der Waals surface area contributed by atoms with Crippen LogP contribution in [-0.2, 0) is 16.4 Å². The van der Waals surface area contributed by atoms with Crippen molar-refractivity contribution in [2.45, 2.75) is 24.3 Å². The van der Waals surface area contributed by atoms with Crippen molar-refractivity contribution in [2.75, 3.05) is 9.62 Å². The number of carbonyl (C=O) groups excluding carboxylic acids is 1. The van der Waals surface area contributed by atoms with Gasteiger partial charge in [0.1, 0.15) is 5.75 Å². The van der Waals surface area contributed by atoms with Crippen LogP contribution < -0.4 is 14.4 Å². The Labute approximate surface area is 204 Å². The zero-order valence-corrected chi connectivity index (χ0v) is 19.9. The molecule has 1 heterocycles. The third kappa shape index (κ3) is 4.50. The lowest BCUT2D eigenvalue weighted by Gasteiger charge is -2.24. The van der Waals surface area contributed by atoms with Crippen LogP contribution in [0, 0.1) is 0 Å². The largest absolute Gasteiger partial charge is 0.455 e. The fourth-order valence-electron chi connectivity index (χ4n) is 4.29. The van der Waals surface area contributed by atoms with Crippen LogP contribution in [0.25, 0.3) is 0 Å². The summed E-state index contributed by atoms with van der Waals surface area (Å²) in [6.07, 6.45) is 0.524. The van der Waals surface area contributed by atoms with Gasteiger partial charge in [-0.2, -0.15) is 0 Å². The zero-order chi connectivity index (χ0) is 24.4. The van der Waals surface area contributed by atoms with Crippen molar-refractivity contribution >= 4 is 27.3 Å². The van der Waals surface area contributed by atoms with E-state index in [9.17, 15) is 13.2 Å². The van der Waals surface area contributed by atoms with E-state index in [1.54, 1.807) is 60.7 Å². The summed E-state index contributed by atoms with van der Waals surface area (Å²) in [6.45, 7) is 1.87. The summed E-state index contributed by atoms with van der Waals surface area (Å²) in [7, 11) is -3.70. The van der Waals surface area contributed by atoms with Crippen LogP contribution in [0.1, 0.15) is 22.8 Å². The van der Waals surface area contributed by atoms with Gasteiger partial charge in [0.25, 0.3) is 15.9 Å². The summed E-state index contributed by atoms with van der Waals surface area (Å²) in [4.78, 5) is 13.3. The summed E-state index contributed by atoms with van der Waals surface area (Å²) in [6, 6.07) is 29.8. The minimum Gasteiger partial charge on any atom is -0.455 e. The Morgan fingerprint density at radius 3 is 2.29 bits per heavy atom. The van der Waals surface area contributed by atoms with Crippen molar-refractivity contribution in [3.05, 3.63) is 114 Å². The lowest BCUT2D eigenvalue weighted by Crippen LogP contribution is -2.35. The molecule has 0 aliphatic carbocycles. The molecule has 1 aliphatic heterocycles. The minimum absolute atomic E-state index is 0.247. The molecule has 1 aliphatic rings. The number of anilines is 2. The molecule has 0 spiro atoms. The standard InChI is InChI=1S/C28H24N2O4S/c1-20-18-22-19-21(16-17-26(22)30(20)35(32,33)24-12-6-3-7-13-24)28(31)29-25-14-8-9-15-27(25)34-23-10-4-2-5-11-23/h2-17,19-20H,18H2,1H3,(H,29,31)/t20-/m1/s1. The summed E-state index contributed by atoms with van der Waals surface area (Å²) in [5.41, 5.74) is 2.41. The Kier molecular flexibility index (Phi) is 6.01. The second kappa shape index (κ2) is 9.27. The molecular weight excluding hydrogens is 460 g/mol. The first-order valence-corrected chi connectivity index (χ1v) is 12.7. The molecular formula is C28H24N2O4S. The normalized spacial score (nSPS) is 14.9. The molecule has 4 aromatic carbocycles. The molecule has 0 saturated heterocycles. The first kappa shape index (κ1) is 22.7. The first-order chi connectivity index (χ1) is 16.9. The fraction of sp³-hybridized carbons (Fsp3) is 0.107. The number of amides is 1. The van der Waals surface area contributed by atoms with E-state index in [-0.39, 0.29) is 16.8 Å². The van der Waals surface area contributed by atoms with Gasteiger partial charge in [0.05, 0.1) is 16.3 Å². The van der Waals surface area contributed by atoms with Crippen molar-refractivity contribution in [3.63, 3.8) is 0 Å². The average molecular weight is 485 g/mol. The van der Waals surface area contributed by atoms with Gasteiger partial charge in [-0.15, -0.1) is 0 Å². The number of nitrogens with zero attached hydrogens (tertiary/aromatic N) is 1. The van der Waals surface area contributed by atoms with Crippen LogP contribution in [0.5, 0.6) is 11.5 Å². The monoisotopic (exact) mass is 484 g/mol. The van der Waals surface area contributed by atoms with Crippen molar-refractivity contribution in [3.8, 4) is 11.5 Å². The maximum absolute atomic E-state index is 13.3. The fourth-order valence-corrected chi connectivity index (χ4v) is 6.00. The molecule has 0 saturated carbocycles. The maximum Gasteiger partial charge on any atom is 0.264 e. The molecule has 6 nitrogen and oxygen atoms in total. The van der Waals surface area contributed by atoms with Crippen LogP contribution in [0.3, 0.4) is 0 Å². The van der Waals surface area contributed by atoms with E-state index in [1.165, 1.54) is 4.31 Å². The van der Waals surface area contributed by atoms with Crippen molar-refractivity contribution in [1.82, 2.24) is 0 Å². The zero-order valence-electron chi connectivity index (χ0n) is 19.1.